The smallest absolute Gasteiger partial charge is 0.326 e. The number of fused-ring (bicyclic) bond motifs is 1. The van der Waals surface area contributed by atoms with Gasteiger partial charge >= 0.3 is 5.97 Å². The second-order valence-corrected chi connectivity index (χ2v) is 8.36. The summed E-state index contributed by atoms with van der Waals surface area (Å²) in [6.45, 7) is 6.33. The standard InChI is InChI=1S/C24H28N2O3S/c1-4-6-7-18-12-13-20-21(14-18)30-24(26(20)16-23(28)29-5-2)25-22(27)15-19-10-8-17(3)9-11-19/h8-14H,4-7,15-16H2,1-3H3. The van der Waals surface area contributed by atoms with Gasteiger partial charge in [0.15, 0.2) is 4.80 Å². The fourth-order valence-corrected chi connectivity index (χ4v) is 4.36. The normalized spacial score (nSPS) is 11.8. The molecule has 0 aliphatic rings. The van der Waals surface area contributed by atoms with Crippen molar-refractivity contribution < 1.29 is 14.3 Å². The molecule has 30 heavy (non-hydrogen) atoms. The van der Waals surface area contributed by atoms with Crippen LogP contribution in [0.2, 0.25) is 0 Å². The average Bonchev–Trinajstić information content (AvgIpc) is 3.04. The van der Waals surface area contributed by atoms with Crippen molar-refractivity contribution in [3.05, 3.63) is 64.0 Å². The van der Waals surface area contributed by atoms with Gasteiger partial charge in [-0.3, -0.25) is 9.59 Å². The van der Waals surface area contributed by atoms with Crippen molar-refractivity contribution >= 4 is 33.4 Å². The highest BCUT2D eigenvalue weighted by Crippen LogP contribution is 2.21. The van der Waals surface area contributed by atoms with Crippen LogP contribution in [0.5, 0.6) is 0 Å². The summed E-state index contributed by atoms with van der Waals surface area (Å²) in [6, 6.07) is 14.1. The molecule has 0 spiro atoms. The topological polar surface area (TPSA) is 60.7 Å². The molecule has 158 valence electrons. The van der Waals surface area contributed by atoms with Gasteiger partial charge in [-0.2, -0.15) is 4.99 Å². The first-order valence-electron chi connectivity index (χ1n) is 10.4. The molecule has 0 N–H and O–H groups in total. The van der Waals surface area contributed by atoms with E-state index in [2.05, 4.69) is 24.0 Å². The summed E-state index contributed by atoms with van der Waals surface area (Å²) in [5, 5.41) is 0. The Labute approximate surface area is 181 Å². The number of carbonyl (C=O) groups excluding carboxylic acids is 2. The maximum Gasteiger partial charge on any atom is 0.326 e. The summed E-state index contributed by atoms with van der Waals surface area (Å²) in [5.74, 6) is -0.561. The molecule has 1 heterocycles. The first kappa shape index (κ1) is 22.0. The monoisotopic (exact) mass is 424 g/mol. The van der Waals surface area contributed by atoms with Crippen LogP contribution in [-0.2, 0) is 33.7 Å². The van der Waals surface area contributed by atoms with Crippen LogP contribution in [0.25, 0.3) is 10.2 Å². The molecule has 0 bridgehead atoms. The molecule has 0 aliphatic heterocycles. The number of aromatic nitrogens is 1. The largest absolute Gasteiger partial charge is 0.465 e. The molecule has 0 radical (unpaired) electrons. The van der Waals surface area contributed by atoms with Crippen molar-refractivity contribution in [2.45, 2.75) is 53.0 Å². The van der Waals surface area contributed by atoms with Crippen LogP contribution in [0.1, 0.15) is 43.4 Å². The highest BCUT2D eigenvalue weighted by molar-refractivity contribution is 7.16. The molecule has 3 rings (SSSR count). The predicted molar refractivity (Wildman–Crippen MR) is 121 cm³/mol. The maximum atomic E-state index is 12.6. The van der Waals surface area contributed by atoms with E-state index >= 15 is 0 Å². The van der Waals surface area contributed by atoms with Gasteiger partial charge in [0, 0.05) is 0 Å². The molecule has 3 aromatic rings. The van der Waals surface area contributed by atoms with Crippen molar-refractivity contribution in [1.29, 1.82) is 0 Å². The van der Waals surface area contributed by atoms with Gasteiger partial charge in [-0.05, 0) is 49.9 Å². The number of aryl methyl sites for hydroxylation is 2. The highest BCUT2D eigenvalue weighted by Gasteiger charge is 2.13. The van der Waals surface area contributed by atoms with E-state index in [1.165, 1.54) is 16.9 Å². The molecule has 0 saturated heterocycles. The Hall–Kier alpha value is -2.73. The lowest BCUT2D eigenvalue weighted by Gasteiger charge is -2.06. The second-order valence-electron chi connectivity index (χ2n) is 7.35. The summed E-state index contributed by atoms with van der Waals surface area (Å²) >= 11 is 1.44. The number of rotatable bonds is 8. The van der Waals surface area contributed by atoms with Crippen LogP contribution < -0.4 is 4.80 Å². The van der Waals surface area contributed by atoms with E-state index < -0.39 is 0 Å². The van der Waals surface area contributed by atoms with Crippen molar-refractivity contribution in [2.75, 3.05) is 6.61 Å². The molecular formula is C24H28N2O3S. The van der Waals surface area contributed by atoms with Crippen molar-refractivity contribution in [2.24, 2.45) is 4.99 Å². The molecule has 0 fully saturated rings. The van der Waals surface area contributed by atoms with Crippen LogP contribution in [0.15, 0.2) is 47.5 Å². The zero-order valence-electron chi connectivity index (χ0n) is 17.8. The second kappa shape index (κ2) is 10.3. The number of esters is 1. The Morgan fingerprint density at radius 3 is 2.50 bits per heavy atom. The van der Waals surface area contributed by atoms with Gasteiger partial charge in [0.1, 0.15) is 6.54 Å². The zero-order valence-corrected chi connectivity index (χ0v) is 18.6. The highest BCUT2D eigenvalue weighted by atomic mass is 32.1. The summed E-state index contributed by atoms with van der Waals surface area (Å²) in [4.78, 5) is 29.7. The zero-order chi connectivity index (χ0) is 21.5. The summed E-state index contributed by atoms with van der Waals surface area (Å²) in [5.41, 5.74) is 4.23. The molecule has 0 unspecified atom stereocenters. The summed E-state index contributed by atoms with van der Waals surface area (Å²) in [6.07, 6.45) is 3.52. The third kappa shape index (κ3) is 5.66. The molecule has 6 heteroatoms. The maximum absolute atomic E-state index is 12.6. The van der Waals surface area contributed by atoms with Gasteiger partial charge in [-0.1, -0.05) is 60.6 Å². The molecule has 1 amide bonds. The predicted octanol–water partition coefficient (Wildman–Crippen LogP) is 4.59. The Bertz CT molecular complexity index is 1090. The number of nitrogens with zero attached hydrogens (tertiary/aromatic N) is 2. The van der Waals surface area contributed by atoms with E-state index in [1.807, 2.05) is 37.3 Å². The van der Waals surface area contributed by atoms with E-state index in [0.29, 0.717) is 11.4 Å². The lowest BCUT2D eigenvalue weighted by molar-refractivity contribution is -0.143. The lowest BCUT2D eigenvalue weighted by atomic mass is 10.1. The van der Waals surface area contributed by atoms with Gasteiger partial charge in [0.2, 0.25) is 0 Å². The quantitative estimate of drug-likeness (QED) is 0.497. The first-order valence-corrected chi connectivity index (χ1v) is 11.2. The molecular weight excluding hydrogens is 396 g/mol. The minimum absolute atomic E-state index is 0.0405. The van der Waals surface area contributed by atoms with Crippen molar-refractivity contribution in [3.63, 3.8) is 0 Å². The Balaban J connectivity index is 1.96. The van der Waals surface area contributed by atoms with Gasteiger partial charge in [-0.15, -0.1) is 0 Å². The number of ether oxygens (including phenoxy) is 1. The van der Waals surface area contributed by atoms with Crippen LogP contribution in [0, 0.1) is 6.92 Å². The van der Waals surface area contributed by atoms with Gasteiger partial charge in [-0.25, -0.2) is 0 Å². The summed E-state index contributed by atoms with van der Waals surface area (Å²) in [7, 11) is 0. The SMILES string of the molecule is CCCCc1ccc2c(c1)sc(=NC(=O)Cc1ccc(C)cc1)n2CC(=O)OCC. The Morgan fingerprint density at radius 2 is 1.80 bits per heavy atom. The number of unbranched alkanes of at least 4 members (excludes halogenated alkanes) is 1. The van der Waals surface area contributed by atoms with Gasteiger partial charge < -0.3 is 9.30 Å². The van der Waals surface area contributed by atoms with E-state index in [1.54, 1.807) is 11.5 Å². The van der Waals surface area contributed by atoms with Gasteiger partial charge in [0.25, 0.3) is 5.91 Å². The molecule has 2 aromatic carbocycles. The number of benzene rings is 2. The number of amides is 1. The molecule has 5 nitrogen and oxygen atoms in total. The lowest BCUT2D eigenvalue weighted by Crippen LogP contribution is -2.23. The molecule has 0 saturated carbocycles. The molecule has 0 atom stereocenters. The average molecular weight is 425 g/mol. The number of hydrogen-bond donors (Lipinski definition) is 0. The molecule has 1 aromatic heterocycles. The minimum atomic E-state index is -0.334. The van der Waals surface area contributed by atoms with E-state index in [-0.39, 0.29) is 24.8 Å². The van der Waals surface area contributed by atoms with Gasteiger partial charge in [0.05, 0.1) is 23.2 Å². The number of carbonyl (C=O) groups is 2. The number of thiazole rings is 1. The minimum Gasteiger partial charge on any atom is -0.465 e. The van der Waals surface area contributed by atoms with Crippen LogP contribution >= 0.6 is 11.3 Å². The van der Waals surface area contributed by atoms with Crippen molar-refractivity contribution in [3.8, 4) is 0 Å². The number of hydrogen-bond acceptors (Lipinski definition) is 4. The van der Waals surface area contributed by atoms with E-state index in [4.69, 9.17) is 4.74 Å². The fraction of sp³-hybridized carbons (Fsp3) is 0.375. The first-order chi connectivity index (χ1) is 14.5. The van der Waals surface area contributed by atoms with E-state index in [0.717, 1.165) is 40.6 Å². The fourth-order valence-electron chi connectivity index (χ4n) is 3.25. The Morgan fingerprint density at radius 1 is 1.07 bits per heavy atom. The van der Waals surface area contributed by atoms with Crippen LogP contribution in [0.4, 0.5) is 0 Å². The Kier molecular flexibility index (Phi) is 7.57. The van der Waals surface area contributed by atoms with Crippen molar-refractivity contribution in [1.82, 2.24) is 4.57 Å². The van der Waals surface area contributed by atoms with E-state index in [9.17, 15) is 9.59 Å². The summed E-state index contributed by atoms with van der Waals surface area (Å²) < 4.78 is 7.94. The van der Waals surface area contributed by atoms with Crippen LogP contribution in [-0.4, -0.2) is 23.1 Å². The molecule has 0 aliphatic carbocycles. The third-order valence-corrected chi connectivity index (χ3v) is 5.90. The van der Waals surface area contributed by atoms with Crippen LogP contribution in [0.3, 0.4) is 0 Å². The third-order valence-electron chi connectivity index (χ3n) is 4.86.